The van der Waals surface area contributed by atoms with E-state index in [9.17, 15) is 4.79 Å². The van der Waals surface area contributed by atoms with Gasteiger partial charge in [-0.3, -0.25) is 5.32 Å². The average Bonchev–Trinajstić information content (AvgIpc) is 2.25. The van der Waals surface area contributed by atoms with Crippen LogP contribution in [0.15, 0.2) is 18.2 Å². The van der Waals surface area contributed by atoms with Crippen LogP contribution < -0.4 is 5.32 Å². The highest BCUT2D eigenvalue weighted by atomic mass is 79.9. The molecule has 1 aromatic carbocycles. The standard InChI is InChI=1S/C13H17Br2NO2/c1-13(2,3)18-12(17)16-11-5-9(7-14)4-10(6-11)8-15/h4-6H,7-8H2,1-3H3,(H,16,17). The fourth-order valence-corrected chi connectivity index (χ4v) is 2.06. The average molecular weight is 379 g/mol. The second-order valence-corrected chi connectivity index (χ2v) is 6.05. The Morgan fingerprint density at radius 3 is 2.06 bits per heavy atom. The van der Waals surface area contributed by atoms with E-state index in [0.717, 1.165) is 27.5 Å². The third-order valence-electron chi connectivity index (χ3n) is 2.01. The Bertz CT molecular complexity index is 405. The van der Waals surface area contributed by atoms with Crippen molar-refractivity contribution in [1.82, 2.24) is 0 Å². The third-order valence-corrected chi connectivity index (χ3v) is 3.30. The van der Waals surface area contributed by atoms with Crippen LogP contribution in [0, 0.1) is 0 Å². The van der Waals surface area contributed by atoms with Crippen LogP contribution in [-0.4, -0.2) is 11.7 Å². The molecule has 18 heavy (non-hydrogen) atoms. The van der Waals surface area contributed by atoms with E-state index in [1.165, 1.54) is 0 Å². The van der Waals surface area contributed by atoms with Gasteiger partial charge in [0.25, 0.3) is 0 Å². The van der Waals surface area contributed by atoms with Gasteiger partial charge in [-0.2, -0.15) is 0 Å². The second-order valence-electron chi connectivity index (χ2n) is 4.93. The highest BCUT2D eigenvalue weighted by molar-refractivity contribution is 9.08. The summed E-state index contributed by atoms with van der Waals surface area (Å²) in [6.45, 7) is 5.52. The molecule has 0 heterocycles. The highest BCUT2D eigenvalue weighted by Crippen LogP contribution is 2.20. The molecule has 0 fully saturated rings. The molecule has 0 bridgehead atoms. The molecule has 0 unspecified atom stereocenters. The maximum atomic E-state index is 11.7. The van der Waals surface area contributed by atoms with Crippen molar-refractivity contribution in [3.05, 3.63) is 29.3 Å². The fourth-order valence-electron chi connectivity index (χ4n) is 1.41. The van der Waals surface area contributed by atoms with Crippen molar-refractivity contribution in [3.8, 4) is 0 Å². The lowest BCUT2D eigenvalue weighted by Crippen LogP contribution is -2.27. The van der Waals surface area contributed by atoms with E-state index < -0.39 is 11.7 Å². The maximum Gasteiger partial charge on any atom is 0.412 e. The molecule has 0 radical (unpaired) electrons. The van der Waals surface area contributed by atoms with E-state index in [-0.39, 0.29) is 0 Å². The van der Waals surface area contributed by atoms with Crippen molar-refractivity contribution in [2.45, 2.75) is 37.0 Å². The summed E-state index contributed by atoms with van der Waals surface area (Å²) in [6.07, 6.45) is -0.435. The number of anilines is 1. The Morgan fingerprint density at radius 2 is 1.67 bits per heavy atom. The number of amides is 1. The Kier molecular flexibility index (Phi) is 5.66. The largest absolute Gasteiger partial charge is 0.444 e. The highest BCUT2D eigenvalue weighted by Gasteiger charge is 2.16. The smallest absolute Gasteiger partial charge is 0.412 e. The van der Waals surface area contributed by atoms with Gasteiger partial charge in [0.05, 0.1) is 0 Å². The van der Waals surface area contributed by atoms with Gasteiger partial charge < -0.3 is 4.74 Å². The lowest BCUT2D eigenvalue weighted by Gasteiger charge is -2.20. The van der Waals surface area contributed by atoms with E-state index in [0.29, 0.717) is 0 Å². The number of carbonyl (C=O) groups is 1. The summed E-state index contributed by atoms with van der Waals surface area (Å²) in [5.41, 5.74) is 2.47. The van der Waals surface area contributed by atoms with E-state index >= 15 is 0 Å². The van der Waals surface area contributed by atoms with Crippen LogP contribution >= 0.6 is 31.9 Å². The van der Waals surface area contributed by atoms with Gasteiger partial charge in [-0.1, -0.05) is 37.9 Å². The first-order valence-electron chi connectivity index (χ1n) is 5.59. The number of alkyl halides is 2. The van der Waals surface area contributed by atoms with Crippen LogP contribution in [0.25, 0.3) is 0 Å². The minimum Gasteiger partial charge on any atom is -0.444 e. The lowest BCUT2D eigenvalue weighted by atomic mass is 10.1. The first-order chi connectivity index (χ1) is 8.34. The molecular weight excluding hydrogens is 362 g/mol. The zero-order valence-electron chi connectivity index (χ0n) is 10.7. The van der Waals surface area contributed by atoms with Gasteiger partial charge in [-0.25, -0.2) is 4.79 Å². The molecule has 1 aromatic rings. The molecule has 1 amide bonds. The van der Waals surface area contributed by atoms with Crippen molar-refractivity contribution >= 4 is 43.6 Å². The van der Waals surface area contributed by atoms with Gasteiger partial charge in [-0.15, -0.1) is 0 Å². The summed E-state index contributed by atoms with van der Waals surface area (Å²) in [5.74, 6) is 0. The molecule has 0 spiro atoms. The number of hydrogen-bond acceptors (Lipinski definition) is 2. The molecule has 5 heteroatoms. The van der Waals surface area contributed by atoms with Gasteiger partial charge in [-0.05, 0) is 44.0 Å². The van der Waals surface area contributed by atoms with Crippen LogP contribution in [0.2, 0.25) is 0 Å². The zero-order chi connectivity index (χ0) is 13.8. The van der Waals surface area contributed by atoms with Crippen molar-refractivity contribution in [1.29, 1.82) is 0 Å². The monoisotopic (exact) mass is 377 g/mol. The summed E-state index contributed by atoms with van der Waals surface area (Å²) >= 11 is 6.82. The predicted octanol–water partition coefficient (Wildman–Crippen LogP) is 4.82. The number of benzene rings is 1. The normalized spacial score (nSPS) is 11.2. The topological polar surface area (TPSA) is 38.3 Å². The van der Waals surface area contributed by atoms with Gasteiger partial charge >= 0.3 is 6.09 Å². The molecule has 0 atom stereocenters. The Balaban J connectivity index is 2.80. The van der Waals surface area contributed by atoms with Gasteiger partial charge in [0.15, 0.2) is 0 Å². The molecule has 0 aromatic heterocycles. The number of nitrogens with one attached hydrogen (secondary N) is 1. The molecule has 100 valence electrons. The molecule has 0 saturated heterocycles. The SMILES string of the molecule is CC(C)(C)OC(=O)Nc1cc(CBr)cc(CBr)c1. The molecule has 0 aliphatic carbocycles. The predicted molar refractivity (Wildman–Crippen MR) is 81.6 cm³/mol. The van der Waals surface area contributed by atoms with Crippen molar-refractivity contribution in [2.75, 3.05) is 5.32 Å². The summed E-state index contributed by atoms with van der Waals surface area (Å²) < 4.78 is 5.22. The number of hydrogen-bond donors (Lipinski definition) is 1. The zero-order valence-corrected chi connectivity index (χ0v) is 13.9. The fraction of sp³-hybridized carbons (Fsp3) is 0.462. The molecule has 1 N–H and O–H groups in total. The van der Waals surface area contributed by atoms with Crippen molar-refractivity contribution in [3.63, 3.8) is 0 Å². The quantitative estimate of drug-likeness (QED) is 0.765. The second kappa shape index (κ2) is 6.57. The lowest BCUT2D eigenvalue weighted by molar-refractivity contribution is 0.0636. The summed E-state index contributed by atoms with van der Waals surface area (Å²) in [4.78, 5) is 11.7. The minimum atomic E-state index is -0.491. The first-order valence-corrected chi connectivity index (χ1v) is 7.83. The number of halogens is 2. The number of ether oxygens (including phenoxy) is 1. The van der Waals surface area contributed by atoms with E-state index in [1.54, 1.807) is 0 Å². The summed E-state index contributed by atoms with van der Waals surface area (Å²) in [5, 5.41) is 4.24. The molecule has 1 rings (SSSR count). The van der Waals surface area contributed by atoms with E-state index in [2.05, 4.69) is 43.2 Å². The van der Waals surface area contributed by atoms with Crippen molar-refractivity contribution in [2.24, 2.45) is 0 Å². The number of carbonyl (C=O) groups excluding carboxylic acids is 1. The molecular formula is C13H17Br2NO2. The summed E-state index contributed by atoms with van der Waals surface area (Å²) in [6, 6.07) is 5.92. The third kappa shape index (κ3) is 5.40. The van der Waals surface area contributed by atoms with Crippen LogP contribution in [0.3, 0.4) is 0 Å². The molecule has 0 saturated carbocycles. The Labute approximate surface area is 125 Å². The Morgan fingerprint density at radius 1 is 1.17 bits per heavy atom. The van der Waals surface area contributed by atoms with Gasteiger partial charge in [0.2, 0.25) is 0 Å². The van der Waals surface area contributed by atoms with Gasteiger partial charge in [0.1, 0.15) is 5.60 Å². The first kappa shape index (κ1) is 15.5. The van der Waals surface area contributed by atoms with E-state index in [4.69, 9.17) is 4.74 Å². The molecule has 3 nitrogen and oxygen atoms in total. The maximum absolute atomic E-state index is 11.7. The van der Waals surface area contributed by atoms with Crippen LogP contribution in [0.5, 0.6) is 0 Å². The van der Waals surface area contributed by atoms with Crippen molar-refractivity contribution < 1.29 is 9.53 Å². The van der Waals surface area contributed by atoms with Gasteiger partial charge in [0, 0.05) is 16.3 Å². The van der Waals surface area contributed by atoms with Crippen LogP contribution in [0.1, 0.15) is 31.9 Å². The minimum absolute atomic E-state index is 0.435. The molecule has 0 aliphatic rings. The van der Waals surface area contributed by atoms with E-state index in [1.807, 2.05) is 32.9 Å². The Hall–Kier alpha value is -0.550. The number of rotatable bonds is 3. The van der Waals surface area contributed by atoms with Crippen LogP contribution in [-0.2, 0) is 15.4 Å². The molecule has 0 aliphatic heterocycles. The summed E-state index contributed by atoms with van der Waals surface area (Å²) in [7, 11) is 0. The van der Waals surface area contributed by atoms with Crippen LogP contribution in [0.4, 0.5) is 10.5 Å².